The van der Waals surface area contributed by atoms with Gasteiger partial charge in [0.15, 0.2) is 0 Å². The van der Waals surface area contributed by atoms with Gasteiger partial charge in [-0.25, -0.2) is 0 Å². The van der Waals surface area contributed by atoms with Crippen LogP contribution in [-0.2, 0) is 4.79 Å². The maximum atomic E-state index is 12.7. The molecule has 0 aromatic heterocycles. The molecule has 2 atom stereocenters. The van der Waals surface area contributed by atoms with Crippen molar-refractivity contribution in [3.8, 4) is 6.07 Å². The minimum absolute atomic E-state index is 0.0118. The molecule has 1 heterocycles. The van der Waals surface area contributed by atoms with E-state index in [1.807, 2.05) is 37.3 Å². The fourth-order valence-corrected chi connectivity index (χ4v) is 3.07. The van der Waals surface area contributed by atoms with Crippen LogP contribution in [0.25, 0.3) is 0 Å². The van der Waals surface area contributed by atoms with Gasteiger partial charge in [0.2, 0.25) is 5.91 Å². The number of aliphatic hydroxyl groups is 1. The highest BCUT2D eigenvalue weighted by Gasteiger charge is 2.26. The van der Waals surface area contributed by atoms with E-state index in [1.54, 1.807) is 4.90 Å². The first-order valence-electron chi connectivity index (χ1n) is 8.24. The topological polar surface area (TPSA) is 67.6 Å². The normalized spacial score (nSPS) is 19.8. The molecule has 124 valence electrons. The maximum absolute atomic E-state index is 12.7. The Balaban J connectivity index is 2.01. The Morgan fingerprint density at radius 1 is 1.48 bits per heavy atom. The standard InChI is InChI=1S/C18H25N3O2/c1-15(22)16-7-5-11-20(13-16)14-18(23)21(12-6-10-19)17-8-3-2-4-9-17/h2-4,8-9,15-16,22H,5-7,11-14H2,1H3. The Labute approximate surface area is 138 Å². The molecule has 23 heavy (non-hydrogen) atoms. The Hall–Kier alpha value is -1.90. The van der Waals surface area contributed by atoms with Gasteiger partial charge in [-0.2, -0.15) is 5.26 Å². The summed E-state index contributed by atoms with van der Waals surface area (Å²) in [5.41, 5.74) is 0.830. The van der Waals surface area contributed by atoms with Crippen LogP contribution in [-0.4, -0.2) is 48.2 Å². The Kier molecular flexibility index (Phi) is 6.57. The number of rotatable bonds is 6. The predicted molar refractivity (Wildman–Crippen MR) is 89.9 cm³/mol. The molecule has 0 radical (unpaired) electrons. The number of likely N-dealkylation sites (tertiary alicyclic amines) is 1. The predicted octanol–water partition coefficient (Wildman–Crippen LogP) is 2.03. The molecule has 1 amide bonds. The number of carbonyl (C=O) groups is 1. The summed E-state index contributed by atoms with van der Waals surface area (Å²) in [5, 5.41) is 18.6. The molecule has 1 saturated heterocycles. The molecule has 2 rings (SSSR count). The Morgan fingerprint density at radius 2 is 2.22 bits per heavy atom. The third-order valence-electron chi connectivity index (χ3n) is 4.40. The van der Waals surface area contributed by atoms with E-state index >= 15 is 0 Å². The zero-order valence-corrected chi connectivity index (χ0v) is 13.7. The Bertz CT molecular complexity index is 539. The SMILES string of the molecule is CC(O)C1CCCN(CC(=O)N(CCC#N)c2ccccc2)C1. The van der Waals surface area contributed by atoms with Gasteiger partial charge < -0.3 is 10.0 Å². The second-order valence-corrected chi connectivity index (χ2v) is 6.17. The van der Waals surface area contributed by atoms with Gasteiger partial charge in [-0.3, -0.25) is 9.69 Å². The van der Waals surface area contributed by atoms with Gasteiger partial charge >= 0.3 is 0 Å². The highest BCUT2D eigenvalue weighted by atomic mass is 16.3. The lowest BCUT2D eigenvalue weighted by Gasteiger charge is -2.35. The van der Waals surface area contributed by atoms with E-state index in [-0.39, 0.29) is 17.9 Å². The number of para-hydroxylation sites is 1. The van der Waals surface area contributed by atoms with Crippen LogP contribution in [0, 0.1) is 17.2 Å². The summed E-state index contributed by atoms with van der Waals surface area (Å²) in [6.45, 7) is 4.20. The molecule has 1 aromatic carbocycles. The first-order chi connectivity index (χ1) is 11.1. The fourth-order valence-electron chi connectivity index (χ4n) is 3.07. The number of hydrogen-bond acceptors (Lipinski definition) is 4. The largest absolute Gasteiger partial charge is 0.393 e. The van der Waals surface area contributed by atoms with Gasteiger partial charge in [0.1, 0.15) is 0 Å². The van der Waals surface area contributed by atoms with E-state index in [2.05, 4.69) is 11.0 Å². The van der Waals surface area contributed by atoms with Gasteiger partial charge in [0.25, 0.3) is 0 Å². The van der Waals surface area contributed by atoms with Crippen molar-refractivity contribution in [2.45, 2.75) is 32.3 Å². The van der Waals surface area contributed by atoms with Crippen LogP contribution in [0.5, 0.6) is 0 Å². The van der Waals surface area contributed by atoms with Crippen LogP contribution in [0.15, 0.2) is 30.3 Å². The lowest BCUT2D eigenvalue weighted by atomic mass is 9.93. The lowest BCUT2D eigenvalue weighted by Crippen LogP contribution is -2.46. The quantitative estimate of drug-likeness (QED) is 0.872. The van der Waals surface area contributed by atoms with E-state index in [0.717, 1.165) is 31.6 Å². The molecule has 0 bridgehead atoms. The average molecular weight is 315 g/mol. The second-order valence-electron chi connectivity index (χ2n) is 6.17. The minimum Gasteiger partial charge on any atom is -0.393 e. The van der Waals surface area contributed by atoms with E-state index in [4.69, 9.17) is 5.26 Å². The summed E-state index contributed by atoms with van der Waals surface area (Å²) in [6, 6.07) is 11.6. The number of amides is 1. The smallest absolute Gasteiger partial charge is 0.241 e. The highest BCUT2D eigenvalue weighted by molar-refractivity contribution is 5.94. The molecule has 0 saturated carbocycles. The average Bonchev–Trinajstić information content (AvgIpc) is 2.56. The van der Waals surface area contributed by atoms with Crippen molar-refractivity contribution >= 4 is 11.6 Å². The summed E-state index contributed by atoms with van der Waals surface area (Å²) < 4.78 is 0. The maximum Gasteiger partial charge on any atom is 0.241 e. The summed E-state index contributed by atoms with van der Waals surface area (Å²) in [5.74, 6) is 0.249. The summed E-state index contributed by atoms with van der Waals surface area (Å²) in [4.78, 5) is 16.5. The molecule has 0 spiro atoms. The summed E-state index contributed by atoms with van der Waals surface area (Å²) in [6.07, 6.45) is 2.00. The van der Waals surface area contributed by atoms with Crippen LogP contribution in [0.2, 0.25) is 0 Å². The van der Waals surface area contributed by atoms with Crippen molar-refractivity contribution in [2.75, 3.05) is 31.1 Å². The number of piperidine rings is 1. The van der Waals surface area contributed by atoms with Gasteiger partial charge in [-0.15, -0.1) is 0 Å². The molecule has 1 fully saturated rings. The van der Waals surface area contributed by atoms with Gasteiger partial charge in [-0.05, 0) is 44.4 Å². The van der Waals surface area contributed by atoms with E-state index in [0.29, 0.717) is 19.5 Å². The number of nitriles is 1. The monoisotopic (exact) mass is 315 g/mol. The summed E-state index contributed by atoms with van der Waals surface area (Å²) in [7, 11) is 0. The Morgan fingerprint density at radius 3 is 2.87 bits per heavy atom. The van der Waals surface area contributed by atoms with Crippen LogP contribution in [0.1, 0.15) is 26.2 Å². The number of anilines is 1. The minimum atomic E-state index is -0.336. The molecule has 1 N–H and O–H groups in total. The first kappa shape index (κ1) is 17.5. The molecular formula is C18H25N3O2. The zero-order chi connectivity index (χ0) is 16.7. The lowest BCUT2D eigenvalue weighted by molar-refractivity contribution is -0.120. The number of benzene rings is 1. The zero-order valence-electron chi connectivity index (χ0n) is 13.7. The highest BCUT2D eigenvalue weighted by Crippen LogP contribution is 2.20. The van der Waals surface area contributed by atoms with Crippen molar-refractivity contribution in [2.24, 2.45) is 5.92 Å². The van der Waals surface area contributed by atoms with Crippen molar-refractivity contribution in [1.29, 1.82) is 5.26 Å². The van der Waals surface area contributed by atoms with Crippen molar-refractivity contribution in [3.05, 3.63) is 30.3 Å². The van der Waals surface area contributed by atoms with Crippen molar-refractivity contribution in [3.63, 3.8) is 0 Å². The number of hydrogen-bond donors (Lipinski definition) is 1. The third-order valence-corrected chi connectivity index (χ3v) is 4.40. The molecule has 1 aromatic rings. The van der Waals surface area contributed by atoms with Crippen molar-refractivity contribution < 1.29 is 9.90 Å². The number of nitrogens with zero attached hydrogens (tertiary/aromatic N) is 3. The summed E-state index contributed by atoms with van der Waals surface area (Å²) >= 11 is 0. The fraction of sp³-hybridized carbons (Fsp3) is 0.556. The van der Waals surface area contributed by atoms with Gasteiger partial charge in [-0.1, -0.05) is 18.2 Å². The van der Waals surface area contributed by atoms with Crippen LogP contribution < -0.4 is 4.90 Å². The van der Waals surface area contributed by atoms with E-state index in [1.165, 1.54) is 0 Å². The molecule has 5 nitrogen and oxygen atoms in total. The molecular weight excluding hydrogens is 290 g/mol. The first-order valence-corrected chi connectivity index (χ1v) is 8.24. The van der Waals surface area contributed by atoms with Crippen LogP contribution in [0.3, 0.4) is 0 Å². The van der Waals surface area contributed by atoms with Crippen molar-refractivity contribution in [1.82, 2.24) is 4.90 Å². The van der Waals surface area contributed by atoms with E-state index in [9.17, 15) is 9.90 Å². The molecule has 5 heteroatoms. The van der Waals surface area contributed by atoms with Gasteiger partial charge in [0.05, 0.1) is 25.1 Å². The van der Waals surface area contributed by atoms with Crippen LogP contribution in [0.4, 0.5) is 5.69 Å². The molecule has 1 aliphatic rings. The van der Waals surface area contributed by atoms with E-state index < -0.39 is 0 Å². The third kappa shape index (κ3) is 5.05. The number of carbonyl (C=O) groups excluding carboxylic acids is 1. The number of aliphatic hydroxyl groups excluding tert-OH is 1. The van der Waals surface area contributed by atoms with Crippen LogP contribution >= 0.6 is 0 Å². The molecule has 0 aliphatic carbocycles. The molecule has 1 aliphatic heterocycles. The molecule has 2 unspecified atom stereocenters. The second kappa shape index (κ2) is 8.66. The van der Waals surface area contributed by atoms with Gasteiger partial charge in [0, 0.05) is 18.8 Å².